The van der Waals surface area contributed by atoms with E-state index >= 15 is 0 Å². The van der Waals surface area contributed by atoms with Crippen LogP contribution in [0, 0.1) is 0 Å². The second-order valence-corrected chi connectivity index (χ2v) is 8.11. The molecule has 1 saturated carbocycles. The van der Waals surface area contributed by atoms with Crippen LogP contribution in [0.4, 0.5) is 4.79 Å². The van der Waals surface area contributed by atoms with E-state index in [2.05, 4.69) is 36.4 Å². The summed E-state index contributed by atoms with van der Waals surface area (Å²) in [4.78, 5) is 14.6. The molecule has 0 bridgehead atoms. The second kappa shape index (κ2) is 6.38. The molecule has 4 nitrogen and oxygen atoms in total. The third kappa shape index (κ3) is 2.83. The summed E-state index contributed by atoms with van der Waals surface area (Å²) in [5, 5.41) is 10.6. The van der Waals surface area contributed by atoms with Crippen LogP contribution in [-0.4, -0.2) is 40.9 Å². The van der Waals surface area contributed by atoms with Gasteiger partial charge in [-0.1, -0.05) is 48.5 Å². The maximum Gasteiger partial charge on any atom is 0.410 e. The largest absolute Gasteiger partial charge is 0.448 e. The molecule has 2 aromatic rings. The first-order chi connectivity index (χ1) is 13.2. The predicted molar refractivity (Wildman–Crippen MR) is 104 cm³/mol. The summed E-state index contributed by atoms with van der Waals surface area (Å²) < 4.78 is 5.81. The summed E-state index contributed by atoms with van der Waals surface area (Å²) in [7, 11) is 0. The zero-order valence-corrected chi connectivity index (χ0v) is 15.4. The van der Waals surface area contributed by atoms with Crippen molar-refractivity contribution in [2.45, 2.75) is 49.7 Å². The molecular formula is C23H25NO3. The molecule has 2 aliphatic carbocycles. The molecule has 27 heavy (non-hydrogen) atoms. The van der Waals surface area contributed by atoms with Crippen molar-refractivity contribution in [3.05, 3.63) is 59.7 Å². The Kier molecular flexibility index (Phi) is 3.97. The molecule has 1 atom stereocenters. The van der Waals surface area contributed by atoms with Crippen LogP contribution in [-0.2, 0) is 4.74 Å². The monoisotopic (exact) mass is 363 g/mol. The van der Waals surface area contributed by atoms with Gasteiger partial charge in [0.1, 0.15) is 6.61 Å². The van der Waals surface area contributed by atoms with E-state index in [0.717, 1.165) is 32.1 Å². The van der Waals surface area contributed by atoms with Gasteiger partial charge in [-0.15, -0.1) is 0 Å². The maximum absolute atomic E-state index is 12.9. The normalized spacial score (nSPS) is 22.9. The molecule has 4 heteroatoms. The quantitative estimate of drug-likeness (QED) is 0.884. The van der Waals surface area contributed by atoms with E-state index in [1.54, 1.807) is 4.90 Å². The number of hydrogen-bond acceptors (Lipinski definition) is 3. The van der Waals surface area contributed by atoms with Crippen molar-refractivity contribution in [1.29, 1.82) is 0 Å². The molecule has 1 heterocycles. The Bertz CT molecular complexity index is 828. The third-order valence-electron chi connectivity index (χ3n) is 6.46. The van der Waals surface area contributed by atoms with Crippen LogP contribution in [0.25, 0.3) is 11.1 Å². The van der Waals surface area contributed by atoms with Crippen LogP contribution in [0.3, 0.4) is 0 Å². The van der Waals surface area contributed by atoms with Crippen LogP contribution in [0.5, 0.6) is 0 Å². The molecule has 2 aromatic carbocycles. The average Bonchev–Trinajstić information content (AvgIpc) is 3.39. The van der Waals surface area contributed by atoms with Gasteiger partial charge in [-0.05, 0) is 54.4 Å². The van der Waals surface area contributed by atoms with Gasteiger partial charge in [-0.2, -0.15) is 0 Å². The average molecular weight is 363 g/mol. The van der Waals surface area contributed by atoms with Crippen molar-refractivity contribution in [1.82, 2.24) is 4.90 Å². The van der Waals surface area contributed by atoms with Crippen molar-refractivity contribution in [2.24, 2.45) is 0 Å². The summed E-state index contributed by atoms with van der Waals surface area (Å²) in [6.45, 7) is 1.03. The molecular weight excluding hydrogens is 338 g/mol. The smallest absolute Gasteiger partial charge is 0.410 e. The lowest BCUT2D eigenvalue weighted by molar-refractivity contribution is 0.00263. The number of benzene rings is 2. The standard InChI is InChI=1S/C23H25NO3/c25-22(24-14-6-5-11-21(24)23(26)12-13-23)27-15-20-18-9-3-1-7-16(18)17-8-2-4-10-19(17)20/h1-4,7-10,20-21,26H,5-6,11-15H2. The minimum absolute atomic E-state index is 0.0774. The number of rotatable bonds is 3. The number of hydrogen-bond donors (Lipinski definition) is 1. The van der Waals surface area contributed by atoms with Gasteiger partial charge in [0.05, 0.1) is 11.6 Å². The van der Waals surface area contributed by atoms with Gasteiger partial charge >= 0.3 is 6.09 Å². The Morgan fingerprint density at radius 2 is 1.67 bits per heavy atom. The van der Waals surface area contributed by atoms with E-state index in [1.807, 2.05) is 12.1 Å². The van der Waals surface area contributed by atoms with Crippen LogP contribution in [0.15, 0.2) is 48.5 Å². The van der Waals surface area contributed by atoms with Crippen molar-refractivity contribution >= 4 is 6.09 Å². The van der Waals surface area contributed by atoms with Gasteiger partial charge < -0.3 is 14.7 Å². The summed E-state index contributed by atoms with van der Waals surface area (Å²) in [5.74, 6) is 0.0774. The number of aliphatic hydroxyl groups is 1. The molecule has 140 valence electrons. The van der Waals surface area contributed by atoms with E-state index in [9.17, 15) is 9.90 Å². The first kappa shape index (κ1) is 16.8. The molecule has 2 fully saturated rings. The molecule has 1 aliphatic heterocycles. The lowest BCUT2D eigenvalue weighted by Gasteiger charge is -2.38. The third-order valence-corrected chi connectivity index (χ3v) is 6.46. The molecule has 1 N–H and O–H groups in total. The first-order valence-electron chi connectivity index (χ1n) is 10.0. The Morgan fingerprint density at radius 1 is 1.04 bits per heavy atom. The van der Waals surface area contributed by atoms with Crippen LogP contribution in [0.2, 0.25) is 0 Å². The minimum Gasteiger partial charge on any atom is -0.448 e. The number of carbonyl (C=O) groups is 1. The minimum atomic E-state index is -0.675. The molecule has 0 spiro atoms. The molecule has 0 aromatic heterocycles. The van der Waals surface area contributed by atoms with Crippen LogP contribution < -0.4 is 0 Å². The number of amides is 1. The highest BCUT2D eigenvalue weighted by atomic mass is 16.6. The van der Waals surface area contributed by atoms with Gasteiger partial charge in [0.2, 0.25) is 0 Å². The van der Waals surface area contributed by atoms with Gasteiger partial charge in [0.25, 0.3) is 0 Å². The summed E-state index contributed by atoms with van der Waals surface area (Å²) in [6, 6.07) is 16.7. The Hall–Kier alpha value is -2.33. The Balaban J connectivity index is 1.35. The number of likely N-dealkylation sites (tertiary alicyclic amines) is 1. The van der Waals surface area contributed by atoms with E-state index in [4.69, 9.17) is 4.74 Å². The van der Waals surface area contributed by atoms with Gasteiger partial charge in [-0.25, -0.2) is 4.79 Å². The highest BCUT2D eigenvalue weighted by Crippen LogP contribution is 2.46. The van der Waals surface area contributed by atoms with Crippen molar-refractivity contribution in [3.8, 4) is 11.1 Å². The van der Waals surface area contributed by atoms with Crippen LogP contribution in [0.1, 0.15) is 49.1 Å². The summed E-state index contributed by atoms with van der Waals surface area (Å²) in [5.41, 5.74) is 4.24. The molecule has 1 unspecified atom stereocenters. The molecule has 1 amide bonds. The number of piperidine rings is 1. The van der Waals surface area contributed by atoms with Gasteiger partial charge in [-0.3, -0.25) is 0 Å². The van der Waals surface area contributed by atoms with Crippen molar-refractivity contribution in [2.75, 3.05) is 13.2 Å². The second-order valence-electron chi connectivity index (χ2n) is 8.11. The molecule has 5 rings (SSSR count). The molecule has 0 radical (unpaired) electrons. The SMILES string of the molecule is O=C(OCC1c2ccccc2-c2ccccc21)N1CCCCC1C1(O)CC1. The van der Waals surface area contributed by atoms with E-state index in [1.165, 1.54) is 22.3 Å². The Morgan fingerprint density at radius 3 is 2.30 bits per heavy atom. The number of carbonyl (C=O) groups excluding carboxylic acids is 1. The predicted octanol–water partition coefficient (Wildman–Crippen LogP) is 4.31. The van der Waals surface area contributed by atoms with E-state index in [-0.39, 0.29) is 18.1 Å². The fourth-order valence-electron chi connectivity index (χ4n) is 4.85. The fraction of sp³-hybridized carbons (Fsp3) is 0.435. The van der Waals surface area contributed by atoms with Gasteiger partial charge in [0, 0.05) is 12.5 Å². The van der Waals surface area contributed by atoms with Gasteiger partial charge in [0.15, 0.2) is 0 Å². The van der Waals surface area contributed by atoms with E-state index < -0.39 is 5.60 Å². The first-order valence-corrected chi connectivity index (χ1v) is 10.0. The number of nitrogens with zero attached hydrogens (tertiary/aromatic N) is 1. The highest BCUT2D eigenvalue weighted by molar-refractivity contribution is 5.79. The Labute approximate surface area is 159 Å². The highest BCUT2D eigenvalue weighted by Gasteiger charge is 2.52. The molecule has 1 saturated heterocycles. The lowest BCUT2D eigenvalue weighted by atomic mass is 9.96. The maximum atomic E-state index is 12.9. The summed E-state index contributed by atoms with van der Waals surface area (Å²) >= 11 is 0. The van der Waals surface area contributed by atoms with E-state index in [0.29, 0.717) is 13.2 Å². The van der Waals surface area contributed by atoms with Crippen LogP contribution >= 0.6 is 0 Å². The summed E-state index contributed by atoms with van der Waals surface area (Å²) in [6.07, 6.45) is 4.25. The molecule has 3 aliphatic rings. The lowest BCUT2D eigenvalue weighted by Crippen LogP contribution is -2.51. The topological polar surface area (TPSA) is 49.8 Å². The fourth-order valence-corrected chi connectivity index (χ4v) is 4.85. The van der Waals surface area contributed by atoms with Crippen molar-refractivity contribution in [3.63, 3.8) is 0 Å². The number of ether oxygens (including phenoxy) is 1. The zero-order valence-electron chi connectivity index (χ0n) is 15.4. The number of fused-ring (bicyclic) bond motifs is 3. The zero-order chi connectivity index (χ0) is 18.4. The van der Waals surface area contributed by atoms with Crippen molar-refractivity contribution < 1.29 is 14.6 Å².